The van der Waals surface area contributed by atoms with Crippen molar-refractivity contribution in [2.45, 2.75) is 57.5 Å². The summed E-state index contributed by atoms with van der Waals surface area (Å²) in [6, 6.07) is -0.213. The third-order valence-corrected chi connectivity index (χ3v) is 4.02. The Morgan fingerprint density at radius 3 is 2.42 bits per heavy atom. The van der Waals surface area contributed by atoms with Crippen molar-refractivity contribution in [1.82, 2.24) is 10.2 Å². The zero-order valence-corrected chi connectivity index (χ0v) is 11.7. The topological polar surface area (TPSA) is 75.4 Å². The molecule has 0 bridgehead atoms. The zero-order chi connectivity index (χ0) is 13.8. The van der Waals surface area contributed by atoms with Gasteiger partial charge >= 0.3 is 0 Å². The van der Waals surface area contributed by atoms with Crippen LogP contribution >= 0.6 is 0 Å². The van der Waals surface area contributed by atoms with Crippen LogP contribution in [-0.4, -0.2) is 41.9 Å². The van der Waals surface area contributed by atoms with Gasteiger partial charge in [-0.25, -0.2) is 0 Å². The normalized spacial score (nSPS) is 22.1. The highest BCUT2D eigenvalue weighted by Crippen LogP contribution is 2.31. The zero-order valence-electron chi connectivity index (χ0n) is 11.7. The summed E-state index contributed by atoms with van der Waals surface area (Å²) in [6.07, 6.45) is 5.46. The van der Waals surface area contributed by atoms with Gasteiger partial charge in [0, 0.05) is 25.0 Å². The minimum Gasteiger partial charge on any atom is -0.352 e. The molecule has 0 radical (unpaired) electrons. The molecule has 1 saturated heterocycles. The van der Waals surface area contributed by atoms with Crippen LogP contribution in [0.25, 0.3) is 0 Å². The van der Waals surface area contributed by atoms with Crippen LogP contribution in [0.15, 0.2) is 0 Å². The molecule has 5 nitrogen and oxygen atoms in total. The summed E-state index contributed by atoms with van der Waals surface area (Å²) in [7, 11) is 0. The van der Waals surface area contributed by atoms with Crippen LogP contribution < -0.4 is 11.1 Å². The minimum absolute atomic E-state index is 0.0474. The molecule has 1 aliphatic carbocycles. The number of nitrogens with zero attached hydrogens (tertiary/aromatic N) is 1. The van der Waals surface area contributed by atoms with E-state index in [0.29, 0.717) is 11.8 Å². The first-order valence-corrected chi connectivity index (χ1v) is 7.46. The molecule has 19 heavy (non-hydrogen) atoms. The molecule has 2 rings (SSSR count). The monoisotopic (exact) mass is 267 g/mol. The molecule has 0 aromatic heterocycles. The van der Waals surface area contributed by atoms with Crippen molar-refractivity contribution in [1.29, 1.82) is 0 Å². The summed E-state index contributed by atoms with van der Waals surface area (Å²) in [5.74, 6) is 0.561. The van der Waals surface area contributed by atoms with E-state index < -0.39 is 6.04 Å². The summed E-state index contributed by atoms with van der Waals surface area (Å²) in [5.41, 5.74) is 5.79. The van der Waals surface area contributed by atoms with Crippen LogP contribution in [0.1, 0.15) is 45.4 Å². The van der Waals surface area contributed by atoms with E-state index in [4.69, 9.17) is 5.73 Å². The second-order valence-electron chi connectivity index (χ2n) is 5.78. The van der Waals surface area contributed by atoms with Gasteiger partial charge in [-0.05, 0) is 32.1 Å². The molecule has 2 fully saturated rings. The molecular formula is C14H25N3O2. The molecule has 1 atom stereocenters. The minimum atomic E-state index is -0.392. The fourth-order valence-corrected chi connectivity index (χ4v) is 2.58. The van der Waals surface area contributed by atoms with Gasteiger partial charge in [-0.2, -0.15) is 0 Å². The quantitative estimate of drug-likeness (QED) is 0.767. The Hall–Kier alpha value is -1.10. The fourth-order valence-electron chi connectivity index (χ4n) is 2.58. The van der Waals surface area contributed by atoms with E-state index in [-0.39, 0.29) is 11.9 Å². The van der Waals surface area contributed by atoms with E-state index in [1.54, 1.807) is 0 Å². The Balaban J connectivity index is 1.70. The molecule has 2 aliphatic rings. The number of hydrogen-bond acceptors (Lipinski definition) is 3. The summed E-state index contributed by atoms with van der Waals surface area (Å²) in [4.78, 5) is 25.7. The third kappa shape index (κ3) is 3.93. The maximum Gasteiger partial charge on any atom is 0.237 e. The lowest BCUT2D eigenvalue weighted by Crippen LogP contribution is -2.50. The SMILES string of the molecule is CCCC(N)C(=O)NC1CCN(C(=O)C2CC2)CC1. The molecule has 0 spiro atoms. The van der Waals surface area contributed by atoms with Crippen molar-refractivity contribution in [2.75, 3.05) is 13.1 Å². The summed E-state index contributed by atoms with van der Waals surface area (Å²) >= 11 is 0. The van der Waals surface area contributed by atoms with Gasteiger partial charge in [0.25, 0.3) is 0 Å². The molecule has 1 aliphatic heterocycles. The maximum absolute atomic E-state index is 11.9. The van der Waals surface area contributed by atoms with Crippen molar-refractivity contribution in [3.05, 3.63) is 0 Å². The van der Waals surface area contributed by atoms with Crippen molar-refractivity contribution in [3.8, 4) is 0 Å². The molecule has 2 amide bonds. The molecule has 0 aromatic rings. The van der Waals surface area contributed by atoms with E-state index >= 15 is 0 Å². The first-order valence-electron chi connectivity index (χ1n) is 7.46. The lowest BCUT2D eigenvalue weighted by Gasteiger charge is -2.33. The number of hydrogen-bond donors (Lipinski definition) is 2. The average molecular weight is 267 g/mol. The smallest absolute Gasteiger partial charge is 0.237 e. The molecule has 3 N–H and O–H groups in total. The standard InChI is InChI=1S/C14H25N3O2/c1-2-3-12(15)13(18)16-11-6-8-17(9-7-11)14(19)10-4-5-10/h10-12H,2-9,15H2,1H3,(H,16,18). The summed E-state index contributed by atoms with van der Waals surface area (Å²) in [6.45, 7) is 3.56. The third-order valence-electron chi connectivity index (χ3n) is 4.02. The highest BCUT2D eigenvalue weighted by Gasteiger charge is 2.35. The van der Waals surface area contributed by atoms with Gasteiger partial charge in [-0.15, -0.1) is 0 Å². The number of likely N-dealkylation sites (tertiary alicyclic amines) is 1. The molecular weight excluding hydrogens is 242 g/mol. The lowest BCUT2D eigenvalue weighted by atomic mass is 10.0. The number of nitrogens with two attached hydrogens (primary N) is 1. The van der Waals surface area contributed by atoms with Gasteiger partial charge in [0.1, 0.15) is 0 Å². The van der Waals surface area contributed by atoms with E-state index in [1.807, 2.05) is 11.8 Å². The van der Waals surface area contributed by atoms with Gasteiger partial charge < -0.3 is 16.0 Å². The van der Waals surface area contributed by atoms with Crippen LogP contribution in [0.4, 0.5) is 0 Å². The molecule has 1 unspecified atom stereocenters. The lowest BCUT2D eigenvalue weighted by molar-refractivity contribution is -0.133. The van der Waals surface area contributed by atoms with Gasteiger partial charge in [-0.1, -0.05) is 13.3 Å². The molecule has 5 heteroatoms. The second-order valence-corrected chi connectivity index (χ2v) is 5.78. The Kier molecular flexibility index (Phi) is 4.80. The Bertz CT molecular complexity index is 334. The molecule has 0 aromatic carbocycles. The van der Waals surface area contributed by atoms with Crippen LogP contribution in [0.2, 0.25) is 0 Å². The maximum atomic E-state index is 11.9. The highest BCUT2D eigenvalue weighted by molar-refractivity contribution is 5.82. The largest absolute Gasteiger partial charge is 0.352 e. The van der Waals surface area contributed by atoms with Crippen LogP contribution in [0.3, 0.4) is 0 Å². The van der Waals surface area contributed by atoms with Gasteiger partial charge in [-0.3, -0.25) is 9.59 Å². The van der Waals surface area contributed by atoms with Crippen LogP contribution in [0.5, 0.6) is 0 Å². The number of rotatable bonds is 5. The number of amides is 2. The molecule has 1 heterocycles. The number of nitrogens with one attached hydrogen (secondary N) is 1. The van der Waals surface area contributed by atoms with Crippen molar-refractivity contribution >= 4 is 11.8 Å². The highest BCUT2D eigenvalue weighted by atomic mass is 16.2. The number of piperidine rings is 1. The summed E-state index contributed by atoms with van der Waals surface area (Å²) < 4.78 is 0. The van der Waals surface area contributed by atoms with E-state index in [2.05, 4.69) is 5.32 Å². The van der Waals surface area contributed by atoms with Crippen molar-refractivity contribution in [3.63, 3.8) is 0 Å². The van der Waals surface area contributed by atoms with E-state index in [0.717, 1.165) is 51.6 Å². The van der Waals surface area contributed by atoms with Gasteiger partial charge in [0.15, 0.2) is 0 Å². The van der Waals surface area contributed by atoms with Crippen molar-refractivity contribution in [2.24, 2.45) is 11.7 Å². The molecule has 1 saturated carbocycles. The average Bonchev–Trinajstić information content (AvgIpc) is 3.23. The summed E-state index contributed by atoms with van der Waals surface area (Å²) in [5, 5.41) is 3.01. The Morgan fingerprint density at radius 2 is 1.89 bits per heavy atom. The van der Waals surface area contributed by atoms with Gasteiger partial charge in [0.05, 0.1) is 6.04 Å². The first kappa shape index (κ1) is 14.3. The molecule has 108 valence electrons. The Labute approximate surface area is 114 Å². The van der Waals surface area contributed by atoms with Crippen LogP contribution in [0, 0.1) is 5.92 Å². The second kappa shape index (κ2) is 6.37. The number of carbonyl (C=O) groups excluding carboxylic acids is 2. The predicted octanol–water partition coefficient (Wildman–Crippen LogP) is 0.631. The first-order chi connectivity index (χ1) is 9.11. The van der Waals surface area contributed by atoms with Gasteiger partial charge in [0.2, 0.25) is 11.8 Å². The van der Waals surface area contributed by atoms with Crippen LogP contribution in [-0.2, 0) is 9.59 Å². The number of carbonyl (C=O) groups is 2. The van der Waals surface area contributed by atoms with E-state index in [9.17, 15) is 9.59 Å². The Morgan fingerprint density at radius 1 is 1.26 bits per heavy atom. The van der Waals surface area contributed by atoms with E-state index in [1.165, 1.54) is 0 Å². The fraction of sp³-hybridized carbons (Fsp3) is 0.857. The predicted molar refractivity (Wildman–Crippen MR) is 73.4 cm³/mol. The van der Waals surface area contributed by atoms with Crippen molar-refractivity contribution < 1.29 is 9.59 Å².